The van der Waals surface area contributed by atoms with Crippen LogP contribution in [-0.2, 0) is 0 Å². The van der Waals surface area contributed by atoms with Crippen LogP contribution in [-0.4, -0.2) is 22.5 Å². The molecule has 128 valence electrons. The molecule has 0 unspecified atom stereocenters. The molecule has 0 saturated carbocycles. The first-order chi connectivity index (χ1) is 11.4. The van der Waals surface area contributed by atoms with E-state index in [0.717, 1.165) is 30.7 Å². The van der Waals surface area contributed by atoms with Crippen molar-refractivity contribution >= 4 is 17.5 Å². The van der Waals surface area contributed by atoms with Gasteiger partial charge in [-0.1, -0.05) is 30.6 Å². The van der Waals surface area contributed by atoms with Crippen molar-refractivity contribution < 1.29 is 18.1 Å². The minimum atomic E-state index is -1.10. The van der Waals surface area contributed by atoms with E-state index >= 15 is 0 Å². The number of carbonyl (C=O) groups excluding carboxylic acids is 1. The van der Waals surface area contributed by atoms with E-state index in [9.17, 15) is 13.6 Å². The molecule has 3 rings (SSSR count). The van der Waals surface area contributed by atoms with Gasteiger partial charge in [-0.3, -0.25) is 4.79 Å². The Labute approximate surface area is 143 Å². The number of amides is 1. The van der Waals surface area contributed by atoms with E-state index in [1.807, 2.05) is 19.9 Å². The molecule has 1 fully saturated rings. The summed E-state index contributed by atoms with van der Waals surface area (Å²) in [5.74, 6) is -1.80. The van der Waals surface area contributed by atoms with Gasteiger partial charge in [0.05, 0.1) is 22.3 Å². The van der Waals surface area contributed by atoms with Gasteiger partial charge >= 0.3 is 0 Å². The molecule has 1 aliphatic heterocycles. The second-order valence-electron chi connectivity index (χ2n) is 6.21. The standard InChI is InChI=1S/C17H17ClF2N2O2/c1-9(2)14-8-16(24-21-14)15-4-3-5-22(15)17(23)10-6-12(19)13(20)7-11(10)18/h6-9,15H,3-5H2,1-2H3/t15-/m0/s1. The molecule has 4 nitrogen and oxygen atoms in total. The van der Waals surface area contributed by atoms with Crippen molar-refractivity contribution in [2.24, 2.45) is 0 Å². The zero-order chi connectivity index (χ0) is 17.4. The second kappa shape index (κ2) is 6.51. The van der Waals surface area contributed by atoms with E-state index in [-0.39, 0.29) is 22.5 Å². The third-order valence-electron chi connectivity index (χ3n) is 4.22. The van der Waals surface area contributed by atoms with Crippen molar-refractivity contribution in [1.29, 1.82) is 0 Å². The number of likely N-dealkylation sites (tertiary alicyclic amines) is 1. The van der Waals surface area contributed by atoms with Crippen molar-refractivity contribution in [3.05, 3.63) is 51.9 Å². The number of hydrogen-bond donors (Lipinski definition) is 0. The van der Waals surface area contributed by atoms with Crippen LogP contribution in [0, 0.1) is 11.6 Å². The molecule has 0 spiro atoms. The summed E-state index contributed by atoms with van der Waals surface area (Å²) in [6, 6.07) is 3.23. The lowest BCUT2D eigenvalue weighted by Gasteiger charge is -2.23. The summed E-state index contributed by atoms with van der Waals surface area (Å²) in [6.07, 6.45) is 1.51. The summed E-state index contributed by atoms with van der Waals surface area (Å²) in [5, 5.41) is 3.91. The highest BCUT2D eigenvalue weighted by Gasteiger charge is 2.34. The molecular weight excluding hydrogens is 338 g/mol. The van der Waals surface area contributed by atoms with Gasteiger partial charge in [0.15, 0.2) is 17.4 Å². The Morgan fingerprint density at radius 1 is 1.33 bits per heavy atom. The largest absolute Gasteiger partial charge is 0.359 e. The van der Waals surface area contributed by atoms with E-state index in [1.54, 1.807) is 4.90 Å². The maximum atomic E-state index is 13.5. The van der Waals surface area contributed by atoms with Crippen LogP contribution in [0.25, 0.3) is 0 Å². The number of nitrogens with zero attached hydrogens (tertiary/aromatic N) is 2. The summed E-state index contributed by atoms with van der Waals surface area (Å²) in [6.45, 7) is 4.50. The van der Waals surface area contributed by atoms with Gasteiger partial charge in [0, 0.05) is 12.6 Å². The average Bonchev–Trinajstić information content (AvgIpc) is 3.18. The first-order valence-electron chi connectivity index (χ1n) is 7.80. The maximum Gasteiger partial charge on any atom is 0.256 e. The van der Waals surface area contributed by atoms with E-state index in [2.05, 4.69) is 5.16 Å². The SMILES string of the molecule is CC(C)c1cc([C@@H]2CCCN2C(=O)c2cc(F)c(F)cc2Cl)on1. The number of halogens is 3. The molecule has 1 amide bonds. The number of rotatable bonds is 3. The van der Waals surface area contributed by atoms with E-state index in [1.165, 1.54) is 0 Å². The topological polar surface area (TPSA) is 46.3 Å². The van der Waals surface area contributed by atoms with Gasteiger partial charge in [0.25, 0.3) is 5.91 Å². The lowest BCUT2D eigenvalue weighted by molar-refractivity contribution is 0.0714. The Morgan fingerprint density at radius 2 is 2.04 bits per heavy atom. The Kier molecular flexibility index (Phi) is 4.58. The first-order valence-corrected chi connectivity index (χ1v) is 8.18. The summed E-state index contributed by atoms with van der Waals surface area (Å²) in [5.41, 5.74) is 0.765. The molecule has 24 heavy (non-hydrogen) atoms. The van der Waals surface area contributed by atoms with Crippen LogP contribution in [0.2, 0.25) is 5.02 Å². The molecule has 1 aliphatic rings. The molecule has 0 N–H and O–H groups in total. The quantitative estimate of drug-likeness (QED) is 0.750. The summed E-state index contributed by atoms with van der Waals surface area (Å²) >= 11 is 5.92. The minimum Gasteiger partial charge on any atom is -0.359 e. The normalized spacial score (nSPS) is 17.8. The van der Waals surface area contributed by atoms with E-state index < -0.39 is 17.5 Å². The molecule has 1 aromatic carbocycles. The van der Waals surface area contributed by atoms with Gasteiger partial charge in [0.1, 0.15) is 0 Å². The van der Waals surface area contributed by atoms with Gasteiger partial charge in [-0.15, -0.1) is 0 Å². The van der Waals surface area contributed by atoms with Crippen molar-refractivity contribution in [2.45, 2.75) is 38.6 Å². The van der Waals surface area contributed by atoms with E-state index in [0.29, 0.717) is 12.3 Å². The van der Waals surface area contributed by atoms with Crippen molar-refractivity contribution in [1.82, 2.24) is 10.1 Å². The highest BCUT2D eigenvalue weighted by atomic mass is 35.5. The molecule has 1 saturated heterocycles. The predicted octanol–water partition coefficient (Wildman–Crippen LogP) is 4.71. The Bertz CT molecular complexity index is 776. The van der Waals surface area contributed by atoms with Crippen molar-refractivity contribution in [2.75, 3.05) is 6.54 Å². The Balaban J connectivity index is 1.90. The fourth-order valence-corrected chi connectivity index (χ4v) is 3.11. The monoisotopic (exact) mass is 354 g/mol. The van der Waals surface area contributed by atoms with Crippen molar-refractivity contribution in [3.63, 3.8) is 0 Å². The minimum absolute atomic E-state index is 0.0499. The lowest BCUT2D eigenvalue weighted by Crippen LogP contribution is -2.30. The molecule has 1 atom stereocenters. The van der Waals surface area contributed by atoms with Gasteiger partial charge in [0.2, 0.25) is 0 Å². The average molecular weight is 355 g/mol. The number of benzene rings is 1. The van der Waals surface area contributed by atoms with Crippen LogP contribution in [0.4, 0.5) is 8.78 Å². The third kappa shape index (κ3) is 3.02. The fraction of sp³-hybridized carbons (Fsp3) is 0.412. The van der Waals surface area contributed by atoms with Crippen LogP contribution in [0.1, 0.15) is 60.5 Å². The predicted molar refractivity (Wildman–Crippen MR) is 85.0 cm³/mol. The summed E-state index contributed by atoms with van der Waals surface area (Å²) in [4.78, 5) is 14.3. The van der Waals surface area contributed by atoms with Crippen LogP contribution < -0.4 is 0 Å². The summed E-state index contributed by atoms with van der Waals surface area (Å²) in [7, 11) is 0. The maximum absolute atomic E-state index is 13.5. The van der Waals surface area contributed by atoms with Gasteiger partial charge in [-0.25, -0.2) is 8.78 Å². The van der Waals surface area contributed by atoms with Crippen LogP contribution in [0.5, 0.6) is 0 Å². The van der Waals surface area contributed by atoms with Crippen LogP contribution in [0.15, 0.2) is 22.7 Å². The highest BCUT2D eigenvalue weighted by molar-refractivity contribution is 6.33. The van der Waals surface area contributed by atoms with Gasteiger partial charge in [-0.05, 0) is 30.9 Å². The molecule has 0 radical (unpaired) electrons. The first kappa shape index (κ1) is 16.9. The molecule has 2 aromatic rings. The van der Waals surface area contributed by atoms with Crippen LogP contribution in [0.3, 0.4) is 0 Å². The Morgan fingerprint density at radius 3 is 2.71 bits per heavy atom. The number of carbonyl (C=O) groups is 1. The number of aromatic nitrogens is 1. The summed E-state index contributed by atoms with van der Waals surface area (Å²) < 4.78 is 32.1. The van der Waals surface area contributed by atoms with E-state index in [4.69, 9.17) is 16.1 Å². The molecule has 2 heterocycles. The fourth-order valence-electron chi connectivity index (χ4n) is 2.88. The molecule has 1 aromatic heterocycles. The van der Waals surface area contributed by atoms with Crippen molar-refractivity contribution in [3.8, 4) is 0 Å². The smallest absolute Gasteiger partial charge is 0.256 e. The third-order valence-corrected chi connectivity index (χ3v) is 4.53. The van der Waals surface area contributed by atoms with Gasteiger partial charge < -0.3 is 9.42 Å². The molecule has 7 heteroatoms. The number of hydrogen-bond acceptors (Lipinski definition) is 3. The molecule has 0 bridgehead atoms. The van der Waals surface area contributed by atoms with Crippen LogP contribution >= 0.6 is 11.6 Å². The van der Waals surface area contributed by atoms with Gasteiger partial charge in [-0.2, -0.15) is 0 Å². The molecular formula is C17H17ClF2N2O2. The molecule has 0 aliphatic carbocycles. The Hall–Kier alpha value is -1.95. The second-order valence-corrected chi connectivity index (χ2v) is 6.62. The highest BCUT2D eigenvalue weighted by Crippen LogP contribution is 2.35. The zero-order valence-electron chi connectivity index (χ0n) is 13.4. The zero-order valence-corrected chi connectivity index (χ0v) is 14.1. The lowest BCUT2D eigenvalue weighted by atomic mass is 10.1.